The van der Waals surface area contributed by atoms with Crippen LogP contribution >= 0.6 is 0 Å². The van der Waals surface area contributed by atoms with Gasteiger partial charge in [0, 0.05) is 19.8 Å². The van der Waals surface area contributed by atoms with Crippen LogP contribution in [0.1, 0.15) is 33.1 Å². The molecular weight excluding hydrogens is 234 g/mol. The normalized spacial score (nSPS) is 23.7. The van der Waals surface area contributed by atoms with E-state index in [0.29, 0.717) is 18.9 Å². The molecule has 0 saturated carbocycles. The lowest BCUT2D eigenvalue weighted by molar-refractivity contribution is -0.127. The molecule has 1 fully saturated rings. The minimum absolute atomic E-state index is 0.0494. The van der Waals surface area contributed by atoms with E-state index < -0.39 is 5.41 Å². The van der Waals surface area contributed by atoms with E-state index >= 15 is 0 Å². The molecule has 4 N–H and O–H groups in total. The van der Waals surface area contributed by atoms with E-state index in [0.717, 1.165) is 26.1 Å². The maximum Gasteiger partial charge on any atom is 0.233 e. The number of amides is 1. The molecule has 1 saturated heterocycles. The Morgan fingerprint density at radius 2 is 2.39 bits per heavy atom. The first-order chi connectivity index (χ1) is 8.54. The van der Waals surface area contributed by atoms with Crippen LogP contribution < -0.4 is 11.1 Å². The molecule has 1 aliphatic heterocycles. The predicted molar refractivity (Wildman–Crippen MR) is 68.4 cm³/mol. The van der Waals surface area contributed by atoms with Crippen molar-refractivity contribution in [3.63, 3.8) is 0 Å². The predicted octanol–water partition coefficient (Wildman–Crippen LogP) is 0.692. The number of carbonyl (C=O) groups excluding carboxylic acids is 1. The van der Waals surface area contributed by atoms with E-state index in [1.807, 2.05) is 6.92 Å². The first kappa shape index (κ1) is 14.8. The van der Waals surface area contributed by atoms with Crippen molar-refractivity contribution < 1.29 is 14.7 Å². The molecule has 1 rings (SSSR count). The number of ether oxygens (including phenoxy) is 1. The van der Waals surface area contributed by atoms with Crippen LogP contribution in [0, 0.1) is 11.3 Å². The van der Waals surface area contributed by atoms with Crippen LogP contribution in [0.2, 0.25) is 0 Å². The van der Waals surface area contributed by atoms with Gasteiger partial charge in [0.25, 0.3) is 0 Å². The fraction of sp³-hybridized carbons (Fsp3) is 0.833. The Balaban J connectivity index is 2.42. The van der Waals surface area contributed by atoms with Gasteiger partial charge in [-0.05, 0) is 32.1 Å². The molecule has 18 heavy (non-hydrogen) atoms. The standard InChI is InChI=1S/C12H23N3O3/c1-3-12(2,10(13)15-17)11(16)14-6-4-9-5-7-18-8-9/h9,17H,3-8H2,1-2H3,(H2,13,15)(H,14,16). The first-order valence-electron chi connectivity index (χ1n) is 6.38. The summed E-state index contributed by atoms with van der Waals surface area (Å²) in [6.45, 7) is 5.70. The molecule has 0 radical (unpaired) electrons. The first-order valence-corrected chi connectivity index (χ1v) is 6.38. The Hall–Kier alpha value is -1.30. The maximum atomic E-state index is 12.1. The van der Waals surface area contributed by atoms with Gasteiger partial charge in [0.2, 0.25) is 5.91 Å². The Kier molecular flexibility index (Phi) is 5.40. The number of amidine groups is 1. The second-order valence-corrected chi connectivity index (χ2v) is 4.95. The second-order valence-electron chi connectivity index (χ2n) is 4.95. The molecule has 1 amide bonds. The van der Waals surface area contributed by atoms with Crippen LogP contribution in [-0.2, 0) is 9.53 Å². The zero-order valence-corrected chi connectivity index (χ0v) is 11.1. The minimum Gasteiger partial charge on any atom is -0.409 e. The molecule has 1 heterocycles. The molecule has 6 heteroatoms. The van der Waals surface area contributed by atoms with Gasteiger partial charge in [0.15, 0.2) is 5.84 Å². The number of oxime groups is 1. The maximum absolute atomic E-state index is 12.1. The third-order valence-electron chi connectivity index (χ3n) is 3.74. The van der Waals surface area contributed by atoms with Gasteiger partial charge in [-0.2, -0.15) is 0 Å². The smallest absolute Gasteiger partial charge is 0.233 e. The van der Waals surface area contributed by atoms with E-state index in [4.69, 9.17) is 15.7 Å². The SMILES string of the molecule is CCC(C)(C(=O)NCCC1CCOC1)C(N)=NO. The average Bonchev–Trinajstić information content (AvgIpc) is 2.89. The Bertz CT molecular complexity index is 314. The van der Waals surface area contributed by atoms with Gasteiger partial charge in [0.1, 0.15) is 5.41 Å². The van der Waals surface area contributed by atoms with Crippen molar-refractivity contribution in [3.05, 3.63) is 0 Å². The summed E-state index contributed by atoms with van der Waals surface area (Å²) in [5.41, 5.74) is 4.63. The van der Waals surface area contributed by atoms with Crippen molar-refractivity contribution in [1.29, 1.82) is 0 Å². The van der Waals surface area contributed by atoms with Gasteiger partial charge in [-0.15, -0.1) is 0 Å². The highest BCUT2D eigenvalue weighted by molar-refractivity contribution is 6.06. The summed E-state index contributed by atoms with van der Waals surface area (Å²) >= 11 is 0. The Morgan fingerprint density at radius 3 is 2.89 bits per heavy atom. The van der Waals surface area contributed by atoms with Crippen molar-refractivity contribution in [2.24, 2.45) is 22.2 Å². The van der Waals surface area contributed by atoms with Crippen LogP contribution in [0.3, 0.4) is 0 Å². The van der Waals surface area contributed by atoms with E-state index in [2.05, 4.69) is 10.5 Å². The van der Waals surface area contributed by atoms with Crippen molar-refractivity contribution in [1.82, 2.24) is 5.32 Å². The molecule has 2 unspecified atom stereocenters. The average molecular weight is 257 g/mol. The molecule has 1 aliphatic rings. The third-order valence-corrected chi connectivity index (χ3v) is 3.74. The number of nitrogens with two attached hydrogens (primary N) is 1. The number of nitrogens with zero attached hydrogens (tertiary/aromatic N) is 1. The molecule has 0 spiro atoms. The summed E-state index contributed by atoms with van der Waals surface area (Å²) in [4.78, 5) is 12.1. The molecule has 0 bridgehead atoms. The zero-order chi connectivity index (χ0) is 13.6. The summed E-state index contributed by atoms with van der Waals surface area (Å²) in [7, 11) is 0. The molecule has 2 atom stereocenters. The van der Waals surface area contributed by atoms with Gasteiger partial charge in [-0.25, -0.2) is 0 Å². The third kappa shape index (κ3) is 3.35. The van der Waals surface area contributed by atoms with Gasteiger partial charge in [0.05, 0.1) is 0 Å². The lowest BCUT2D eigenvalue weighted by atomic mass is 9.85. The summed E-state index contributed by atoms with van der Waals surface area (Å²) in [5, 5.41) is 14.5. The van der Waals surface area contributed by atoms with Crippen LogP contribution in [0.15, 0.2) is 5.16 Å². The van der Waals surface area contributed by atoms with Crippen LogP contribution in [0.5, 0.6) is 0 Å². The summed E-state index contributed by atoms with van der Waals surface area (Å²) in [5.74, 6) is 0.285. The number of nitrogens with one attached hydrogen (secondary N) is 1. The monoisotopic (exact) mass is 257 g/mol. The Morgan fingerprint density at radius 1 is 1.67 bits per heavy atom. The number of hydrogen-bond donors (Lipinski definition) is 3. The lowest BCUT2D eigenvalue weighted by Gasteiger charge is -2.25. The molecule has 0 aromatic rings. The fourth-order valence-corrected chi connectivity index (χ4v) is 1.96. The van der Waals surface area contributed by atoms with Gasteiger partial charge in [-0.1, -0.05) is 12.1 Å². The summed E-state index contributed by atoms with van der Waals surface area (Å²) in [6, 6.07) is 0. The van der Waals surface area contributed by atoms with Gasteiger partial charge < -0.3 is 21.0 Å². The summed E-state index contributed by atoms with van der Waals surface area (Å²) in [6.07, 6.45) is 2.45. The van der Waals surface area contributed by atoms with E-state index in [1.165, 1.54) is 0 Å². The topological polar surface area (TPSA) is 96.9 Å². The highest BCUT2D eigenvalue weighted by Crippen LogP contribution is 2.22. The van der Waals surface area contributed by atoms with Gasteiger partial charge >= 0.3 is 0 Å². The molecular formula is C12H23N3O3. The zero-order valence-electron chi connectivity index (χ0n) is 11.1. The van der Waals surface area contributed by atoms with Crippen molar-refractivity contribution in [2.45, 2.75) is 33.1 Å². The van der Waals surface area contributed by atoms with Gasteiger partial charge in [-0.3, -0.25) is 4.79 Å². The van der Waals surface area contributed by atoms with Crippen molar-refractivity contribution >= 4 is 11.7 Å². The Labute approximate surface area is 108 Å². The lowest BCUT2D eigenvalue weighted by Crippen LogP contribution is -2.48. The second kappa shape index (κ2) is 6.58. The van der Waals surface area contributed by atoms with Crippen LogP contribution in [0.25, 0.3) is 0 Å². The molecule has 104 valence electrons. The largest absolute Gasteiger partial charge is 0.409 e. The van der Waals surface area contributed by atoms with Crippen molar-refractivity contribution in [3.8, 4) is 0 Å². The van der Waals surface area contributed by atoms with Crippen LogP contribution in [0.4, 0.5) is 0 Å². The van der Waals surface area contributed by atoms with E-state index in [9.17, 15) is 4.79 Å². The fourth-order valence-electron chi connectivity index (χ4n) is 1.96. The van der Waals surface area contributed by atoms with Crippen molar-refractivity contribution in [2.75, 3.05) is 19.8 Å². The number of carbonyl (C=O) groups is 1. The molecule has 0 aromatic heterocycles. The number of rotatable bonds is 6. The van der Waals surface area contributed by atoms with Crippen LogP contribution in [-0.4, -0.2) is 36.7 Å². The molecule has 0 aromatic carbocycles. The highest BCUT2D eigenvalue weighted by Gasteiger charge is 2.36. The molecule has 6 nitrogen and oxygen atoms in total. The number of hydrogen-bond acceptors (Lipinski definition) is 4. The molecule has 0 aliphatic carbocycles. The summed E-state index contributed by atoms with van der Waals surface area (Å²) < 4.78 is 5.27. The minimum atomic E-state index is -0.944. The quantitative estimate of drug-likeness (QED) is 0.282. The highest BCUT2D eigenvalue weighted by atomic mass is 16.5. The van der Waals surface area contributed by atoms with E-state index in [1.54, 1.807) is 6.92 Å². The van der Waals surface area contributed by atoms with E-state index in [-0.39, 0.29) is 11.7 Å².